The van der Waals surface area contributed by atoms with Crippen LogP contribution in [0.3, 0.4) is 0 Å². The maximum Gasteiger partial charge on any atom is 0.245 e. The molecule has 1 fully saturated rings. The van der Waals surface area contributed by atoms with E-state index in [4.69, 9.17) is 23.2 Å². The molecule has 0 bridgehead atoms. The Morgan fingerprint density at radius 3 is 2.52 bits per heavy atom. The van der Waals surface area contributed by atoms with Crippen molar-refractivity contribution in [2.45, 2.75) is 24.9 Å². The SMILES string of the molecule is Cl.Cl.O=C(NCc1ccc(Cl)c(Cl)c1)C1(N2CCNCC2)CCc2ccccc21. The lowest BCUT2D eigenvalue weighted by Crippen LogP contribution is -2.60. The van der Waals surface area contributed by atoms with Gasteiger partial charge in [-0.25, -0.2) is 0 Å². The first kappa shape index (κ1) is 24.3. The fourth-order valence-corrected chi connectivity index (χ4v) is 4.65. The molecule has 1 atom stereocenters. The third kappa shape index (κ3) is 4.68. The highest BCUT2D eigenvalue weighted by Gasteiger charge is 2.49. The summed E-state index contributed by atoms with van der Waals surface area (Å²) in [5.74, 6) is 0.0698. The minimum Gasteiger partial charge on any atom is -0.350 e. The number of fused-ring (bicyclic) bond motifs is 1. The Labute approximate surface area is 194 Å². The Bertz CT molecular complexity index is 858. The molecule has 158 valence electrons. The molecule has 1 unspecified atom stereocenters. The first-order valence-corrected chi connectivity index (χ1v) is 10.1. The number of nitrogens with one attached hydrogen (secondary N) is 2. The standard InChI is InChI=1S/C21H23Cl2N3O.2ClH/c22-18-6-5-15(13-19(18)23)14-25-20(27)21(26-11-9-24-10-12-26)8-7-16-3-1-2-4-17(16)21;;/h1-6,13,24H,7-12,14H2,(H,25,27);2*1H. The van der Waals surface area contributed by atoms with Gasteiger partial charge in [-0.2, -0.15) is 0 Å². The molecular weight excluding hydrogens is 452 g/mol. The second kappa shape index (κ2) is 10.3. The molecule has 1 aliphatic heterocycles. The number of aryl methyl sites for hydroxylation is 1. The van der Waals surface area contributed by atoms with Gasteiger partial charge >= 0.3 is 0 Å². The van der Waals surface area contributed by atoms with Crippen LogP contribution >= 0.6 is 48.0 Å². The maximum atomic E-state index is 13.5. The fraction of sp³-hybridized carbons (Fsp3) is 0.381. The largest absolute Gasteiger partial charge is 0.350 e. The minimum absolute atomic E-state index is 0. The zero-order valence-corrected chi connectivity index (χ0v) is 19.1. The molecule has 2 aliphatic rings. The Balaban J connectivity index is 0.00000150. The number of amides is 1. The van der Waals surface area contributed by atoms with Crippen LogP contribution in [-0.4, -0.2) is 37.0 Å². The minimum atomic E-state index is -0.588. The van der Waals surface area contributed by atoms with E-state index in [9.17, 15) is 4.79 Å². The van der Waals surface area contributed by atoms with Gasteiger partial charge in [-0.05, 0) is 41.7 Å². The Morgan fingerprint density at radius 2 is 1.79 bits per heavy atom. The summed E-state index contributed by atoms with van der Waals surface area (Å²) in [6, 6.07) is 13.8. The van der Waals surface area contributed by atoms with Crippen molar-refractivity contribution < 1.29 is 4.79 Å². The molecule has 0 saturated carbocycles. The number of rotatable bonds is 4. The number of hydrogen-bond donors (Lipinski definition) is 2. The molecule has 0 radical (unpaired) electrons. The molecular formula is C21H25Cl4N3O. The van der Waals surface area contributed by atoms with Gasteiger partial charge < -0.3 is 10.6 Å². The lowest BCUT2D eigenvalue weighted by molar-refractivity contribution is -0.135. The third-order valence-electron chi connectivity index (χ3n) is 5.69. The summed E-state index contributed by atoms with van der Waals surface area (Å²) < 4.78 is 0. The molecule has 29 heavy (non-hydrogen) atoms. The first-order chi connectivity index (χ1) is 13.1. The number of halogens is 4. The van der Waals surface area contributed by atoms with Crippen LogP contribution in [-0.2, 0) is 23.3 Å². The van der Waals surface area contributed by atoms with Crippen LogP contribution in [0.15, 0.2) is 42.5 Å². The van der Waals surface area contributed by atoms with Gasteiger partial charge in [0.1, 0.15) is 5.54 Å². The highest BCUT2D eigenvalue weighted by Crippen LogP contribution is 2.42. The van der Waals surface area contributed by atoms with Gasteiger partial charge in [0.05, 0.1) is 10.0 Å². The number of hydrogen-bond acceptors (Lipinski definition) is 3. The molecule has 1 heterocycles. The summed E-state index contributed by atoms with van der Waals surface area (Å²) >= 11 is 12.1. The van der Waals surface area contributed by atoms with Crippen LogP contribution in [0.5, 0.6) is 0 Å². The number of carbonyl (C=O) groups excluding carboxylic acids is 1. The van der Waals surface area contributed by atoms with Crippen molar-refractivity contribution in [2.75, 3.05) is 26.2 Å². The van der Waals surface area contributed by atoms with Gasteiger partial charge in [-0.15, -0.1) is 24.8 Å². The van der Waals surface area contributed by atoms with Crippen LogP contribution in [0.2, 0.25) is 10.0 Å². The van der Waals surface area contributed by atoms with Crippen LogP contribution in [0, 0.1) is 0 Å². The molecule has 0 aromatic heterocycles. The van der Waals surface area contributed by atoms with Gasteiger partial charge in [-0.1, -0.05) is 53.5 Å². The van der Waals surface area contributed by atoms with Crippen molar-refractivity contribution in [3.63, 3.8) is 0 Å². The van der Waals surface area contributed by atoms with Gasteiger partial charge in [-0.3, -0.25) is 9.69 Å². The lowest BCUT2D eigenvalue weighted by atomic mass is 9.87. The van der Waals surface area contributed by atoms with E-state index < -0.39 is 5.54 Å². The fourth-order valence-electron chi connectivity index (χ4n) is 4.32. The topological polar surface area (TPSA) is 44.4 Å². The van der Waals surface area contributed by atoms with Crippen molar-refractivity contribution in [1.82, 2.24) is 15.5 Å². The van der Waals surface area contributed by atoms with E-state index >= 15 is 0 Å². The first-order valence-electron chi connectivity index (χ1n) is 9.37. The number of benzene rings is 2. The van der Waals surface area contributed by atoms with Crippen molar-refractivity contribution in [3.8, 4) is 0 Å². The summed E-state index contributed by atoms with van der Waals surface area (Å²) in [7, 11) is 0. The Hall–Kier alpha value is -1.01. The smallest absolute Gasteiger partial charge is 0.245 e. The predicted molar refractivity (Wildman–Crippen MR) is 124 cm³/mol. The number of nitrogens with zero attached hydrogens (tertiary/aromatic N) is 1. The van der Waals surface area contributed by atoms with Crippen molar-refractivity contribution in [3.05, 3.63) is 69.2 Å². The Kier molecular flexibility index (Phi) is 8.65. The molecule has 4 rings (SSSR count). The van der Waals surface area contributed by atoms with E-state index in [1.165, 1.54) is 5.56 Å². The van der Waals surface area contributed by atoms with E-state index in [1.807, 2.05) is 18.2 Å². The molecule has 8 heteroatoms. The van der Waals surface area contributed by atoms with Crippen LogP contribution in [0.25, 0.3) is 0 Å². The quantitative estimate of drug-likeness (QED) is 0.694. The zero-order valence-electron chi connectivity index (χ0n) is 15.9. The van der Waals surface area contributed by atoms with Gasteiger partial charge in [0.25, 0.3) is 0 Å². The second-order valence-electron chi connectivity index (χ2n) is 7.19. The summed E-state index contributed by atoms with van der Waals surface area (Å²) in [4.78, 5) is 15.9. The molecule has 1 amide bonds. The predicted octanol–water partition coefficient (Wildman–Crippen LogP) is 4.20. The molecule has 1 saturated heterocycles. The van der Waals surface area contributed by atoms with Crippen molar-refractivity contribution in [2.24, 2.45) is 0 Å². The summed E-state index contributed by atoms with van der Waals surface area (Å²) in [5.41, 5.74) is 2.79. The Morgan fingerprint density at radius 1 is 1.07 bits per heavy atom. The van der Waals surface area contributed by atoms with E-state index in [-0.39, 0.29) is 30.7 Å². The van der Waals surface area contributed by atoms with Gasteiger partial charge in [0, 0.05) is 32.7 Å². The highest BCUT2D eigenvalue weighted by molar-refractivity contribution is 6.42. The van der Waals surface area contributed by atoms with Crippen molar-refractivity contribution >= 4 is 53.9 Å². The van der Waals surface area contributed by atoms with Crippen LogP contribution in [0.4, 0.5) is 0 Å². The monoisotopic (exact) mass is 475 g/mol. The zero-order chi connectivity index (χ0) is 18.9. The van der Waals surface area contributed by atoms with Crippen LogP contribution < -0.4 is 10.6 Å². The summed E-state index contributed by atoms with van der Waals surface area (Å²) in [5, 5.41) is 7.58. The molecule has 2 aromatic carbocycles. The average Bonchev–Trinajstić information content (AvgIpc) is 3.10. The maximum absolute atomic E-state index is 13.5. The van der Waals surface area contributed by atoms with Gasteiger partial charge in [0.15, 0.2) is 0 Å². The van der Waals surface area contributed by atoms with E-state index in [0.717, 1.165) is 50.1 Å². The van der Waals surface area contributed by atoms with Crippen molar-refractivity contribution in [1.29, 1.82) is 0 Å². The van der Waals surface area contributed by atoms with E-state index in [0.29, 0.717) is 16.6 Å². The van der Waals surface area contributed by atoms with E-state index in [2.05, 4.69) is 33.7 Å². The molecule has 1 aliphatic carbocycles. The lowest BCUT2D eigenvalue weighted by Gasteiger charge is -2.43. The van der Waals surface area contributed by atoms with Gasteiger partial charge in [0.2, 0.25) is 5.91 Å². The number of carbonyl (C=O) groups is 1. The third-order valence-corrected chi connectivity index (χ3v) is 6.43. The number of piperazine rings is 1. The highest BCUT2D eigenvalue weighted by atomic mass is 35.5. The second-order valence-corrected chi connectivity index (χ2v) is 8.00. The van der Waals surface area contributed by atoms with Crippen LogP contribution in [0.1, 0.15) is 23.1 Å². The molecule has 0 spiro atoms. The van der Waals surface area contributed by atoms with E-state index in [1.54, 1.807) is 6.07 Å². The average molecular weight is 477 g/mol. The molecule has 4 nitrogen and oxygen atoms in total. The molecule has 2 N–H and O–H groups in total. The summed E-state index contributed by atoms with van der Waals surface area (Å²) in [6.07, 6.45) is 1.75. The molecule has 2 aromatic rings. The summed E-state index contributed by atoms with van der Waals surface area (Å²) in [6.45, 7) is 3.99. The normalized spacial score (nSPS) is 20.9.